The van der Waals surface area contributed by atoms with Gasteiger partial charge in [0.1, 0.15) is 11.3 Å². The zero-order valence-electron chi connectivity index (χ0n) is 30.3. The van der Waals surface area contributed by atoms with Gasteiger partial charge in [-0.05, 0) is 110 Å². The average Bonchev–Trinajstić information content (AvgIpc) is 3.60. The van der Waals surface area contributed by atoms with E-state index >= 15 is 0 Å². The number of fused-ring (bicyclic) bond motifs is 5. The van der Waals surface area contributed by atoms with Crippen molar-refractivity contribution < 1.29 is 29.3 Å². The van der Waals surface area contributed by atoms with Gasteiger partial charge in [0.05, 0.1) is 23.5 Å². The zero-order valence-corrected chi connectivity index (χ0v) is 30.3. The van der Waals surface area contributed by atoms with Crippen molar-refractivity contribution in [3.63, 3.8) is 0 Å². The van der Waals surface area contributed by atoms with E-state index in [1.54, 1.807) is 11.0 Å². The lowest BCUT2D eigenvalue weighted by Gasteiger charge is -2.48. The van der Waals surface area contributed by atoms with Crippen LogP contribution in [0, 0.1) is 5.92 Å². The molecule has 0 aliphatic carbocycles. The predicted molar refractivity (Wildman–Crippen MR) is 208 cm³/mol. The zero-order chi connectivity index (χ0) is 37.2. The third kappa shape index (κ3) is 7.57. The summed E-state index contributed by atoms with van der Waals surface area (Å²) in [6, 6.07) is 25.5. The number of nitrogens with one attached hydrogen (secondary N) is 2. The van der Waals surface area contributed by atoms with E-state index in [0.717, 1.165) is 96.3 Å². The smallest absolute Gasteiger partial charge is 0.412 e. The van der Waals surface area contributed by atoms with Crippen LogP contribution in [-0.4, -0.2) is 69.4 Å². The molecule has 280 valence electrons. The molecule has 3 fully saturated rings. The maximum atomic E-state index is 12.9. The first-order valence-corrected chi connectivity index (χ1v) is 19.2. The fourth-order valence-electron chi connectivity index (χ4n) is 8.56. The van der Waals surface area contributed by atoms with Crippen molar-refractivity contribution in [2.24, 2.45) is 5.92 Å². The number of hydrogen-bond donors (Lipinski definition) is 5. The second kappa shape index (κ2) is 15.6. The topological polar surface area (TPSA) is 151 Å². The molecule has 0 radical (unpaired) electrons. The number of hydrogen-bond acceptors (Lipinski definition) is 8. The molecule has 0 saturated carbocycles. The van der Waals surface area contributed by atoms with E-state index in [4.69, 9.17) is 9.40 Å². The molecule has 4 aliphatic heterocycles. The molecule has 1 unspecified atom stereocenters. The molecule has 5 N–H and O–H groups in total. The Morgan fingerprint density at radius 3 is 2.56 bits per heavy atom. The van der Waals surface area contributed by atoms with Crippen LogP contribution < -0.4 is 15.5 Å². The van der Waals surface area contributed by atoms with Gasteiger partial charge in [-0.1, -0.05) is 54.6 Å². The summed E-state index contributed by atoms with van der Waals surface area (Å²) in [6.45, 7) is 3.72. The fourth-order valence-corrected chi connectivity index (χ4v) is 8.56. The summed E-state index contributed by atoms with van der Waals surface area (Å²) in [5.74, 6) is 0.936. The Morgan fingerprint density at radius 1 is 0.981 bits per heavy atom. The van der Waals surface area contributed by atoms with Gasteiger partial charge in [-0.2, -0.15) is 0 Å². The number of phenolic OH excluding ortho intramolecular Hbond substituents is 1. The summed E-state index contributed by atoms with van der Waals surface area (Å²) in [4.78, 5) is 33.6. The standard InChI is InChI=1S/C43H47N5O6/c49-37-15-13-32(33-14-17-40(51)46-42(33)37)38(50)25-44-24-28-11-16-39-34(22-28)45-41(54-39)9-5-4-6-27-10-12-31(29-7-2-1-3-8-29)35(23-27)48(43(52)53)36-26-47-20-18-30(36)19-21-47/h1-3,7-8,10-13,15-16,22-23,30,36,38,44,49-50H,4-6,9,14,17-21,24-26H2,(H,46,51)(H,52,53)/t36?,38-/m0/s1. The van der Waals surface area contributed by atoms with Crippen LogP contribution in [0.5, 0.6) is 5.75 Å². The molecule has 5 aromatic rings. The minimum atomic E-state index is -0.889. The highest BCUT2D eigenvalue weighted by atomic mass is 16.4. The number of aromatic hydroxyl groups is 1. The van der Waals surface area contributed by atoms with Gasteiger partial charge >= 0.3 is 6.09 Å². The number of oxazole rings is 1. The summed E-state index contributed by atoms with van der Waals surface area (Å²) in [7, 11) is 0. The van der Waals surface area contributed by atoms with E-state index in [9.17, 15) is 24.9 Å². The van der Waals surface area contributed by atoms with Gasteiger partial charge in [0.2, 0.25) is 5.91 Å². The first kappa shape index (κ1) is 35.8. The molecule has 11 nitrogen and oxygen atoms in total. The van der Waals surface area contributed by atoms with Gasteiger partial charge in [0.15, 0.2) is 11.5 Å². The molecule has 54 heavy (non-hydrogen) atoms. The minimum absolute atomic E-state index is 0.00811. The number of phenols is 1. The largest absolute Gasteiger partial charge is 0.506 e. The van der Waals surface area contributed by atoms with E-state index in [0.29, 0.717) is 55.4 Å². The molecular weight excluding hydrogens is 683 g/mol. The SMILES string of the molecule is O=C1CCc2c([C@@H](O)CNCc3ccc4oc(CCCCc5ccc(-c6ccccc6)c(N(C(=O)O)C6CN7CCC6CC7)c5)nc4c3)ccc(O)c2N1. The molecule has 2 amide bonds. The van der Waals surface area contributed by atoms with Gasteiger partial charge < -0.3 is 35.3 Å². The number of benzene rings is 4. The maximum Gasteiger partial charge on any atom is 0.412 e. The summed E-state index contributed by atoms with van der Waals surface area (Å²) < 4.78 is 6.08. The number of rotatable bonds is 13. The molecule has 3 saturated heterocycles. The predicted octanol–water partition coefficient (Wildman–Crippen LogP) is 7.05. The summed E-state index contributed by atoms with van der Waals surface area (Å²) in [5.41, 5.74) is 8.25. The van der Waals surface area contributed by atoms with Crippen molar-refractivity contribution in [3.05, 3.63) is 107 Å². The maximum absolute atomic E-state index is 12.9. The lowest BCUT2D eigenvalue weighted by atomic mass is 9.82. The van der Waals surface area contributed by atoms with Crippen LogP contribution in [0.2, 0.25) is 0 Å². The van der Waals surface area contributed by atoms with Crippen LogP contribution in [0.25, 0.3) is 22.2 Å². The highest BCUT2D eigenvalue weighted by Gasteiger charge is 2.41. The number of aromatic nitrogens is 1. The second-order valence-electron chi connectivity index (χ2n) is 14.9. The van der Waals surface area contributed by atoms with Crippen molar-refractivity contribution in [2.45, 2.75) is 70.1 Å². The summed E-state index contributed by atoms with van der Waals surface area (Å²) in [6.07, 6.45) is 4.49. The number of carbonyl (C=O) groups is 2. The molecule has 1 aromatic heterocycles. The number of carboxylic acid groups (broad SMARTS) is 1. The molecule has 2 atom stereocenters. The quantitative estimate of drug-likeness (QED) is 0.0634. The van der Waals surface area contributed by atoms with Crippen LogP contribution in [0.4, 0.5) is 16.2 Å². The molecule has 2 bridgehead atoms. The van der Waals surface area contributed by atoms with Gasteiger partial charge in [0, 0.05) is 38.0 Å². The number of aliphatic hydroxyl groups is 1. The Bertz CT molecular complexity index is 2140. The molecule has 5 heterocycles. The van der Waals surface area contributed by atoms with Crippen LogP contribution in [0.3, 0.4) is 0 Å². The van der Waals surface area contributed by atoms with Gasteiger partial charge in [-0.25, -0.2) is 9.78 Å². The average molecular weight is 730 g/mol. The van der Waals surface area contributed by atoms with Gasteiger partial charge in [0.25, 0.3) is 0 Å². The number of amides is 2. The molecule has 9 rings (SSSR count). The van der Waals surface area contributed by atoms with Crippen LogP contribution >= 0.6 is 0 Å². The minimum Gasteiger partial charge on any atom is -0.506 e. The normalized spacial score (nSPS) is 19.7. The van der Waals surface area contributed by atoms with E-state index in [1.807, 2.05) is 48.5 Å². The van der Waals surface area contributed by atoms with Crippen molar-refractivity contribution >= 4 is 34.5 Å². The number of piperidine rings is 3. The van der Waals surface area contributed by atoms with E-state index in [2.05, 4.69) is 33.7 Å². The molecule has 0 spiro atoms. The highest BCUT2D eigenvalue weighted by molar-refractivity contribution is 5.96. The van der Waals surface area contributed by atoms with Gasteiger partial charge in [-0.15, -0.1) is 0 Å². The van der Waals surface area contributed by atoms with Crippen LogP contribution in [-0.2, 0) is 30.6 Å². The summed E-state index contributed by atoms with van der Waals surface area (Å²) >= 11 is 0. The van der Waals surface area contributed by atoms with Crippen molar-refractivity contribution in [3.8, 4) is 16.9 Å². The van der Waals surface area contributed by atoms with Crippen molar-refractivity contribution in [1.29, 1.82) is 0 Å². The third-order valence-electron chi connectivity index (χ3n) is 11.4. The monoisotopic (exact) mass is 729 g/mol. The van der Waals surface area contributed by atoms with Crippen LogP contribution in [0.15, 0.2) is 83.3 Å². The van der Waals surface area contributed by atoms with Crippen LogP contribution in [0.1, 0.15) is 66.4 Å². The van der Waals surface area contributed by atoms with Crippen molar-refractivity contribution in [1.82, 2.24) is 15.2 Å². The first-order valence-electron chi connectivity index (χ1n) is 19.2. The Labute approximate surface area is 314 Å². The Balaban J connectivity index is 0.885. The number of anilines is 2. The molecule has 4 aromatic carbocycles. The van der Waals surface area contributed by atoms with E-state index in [-0.39, 0.29) is 17.7 Å². The van der Waals surface area contributed by atoms with Crippen molar-refractivity contribution in [2.75, 3.05) is 36.4 Å². The number of carbonyl (C=O) groups excluding carboxylic acids is 1. The van der Waals surface area contributed by atoms with E-state index in [1.165, 1.54) is 6.07 Å². The Kier molecular flexibility index (Phi) is 10.4. The number of aryl methyl sites for hydroxylation is 2. The number of nitrogens with zero attached hydrogens (tertiary/aromatic N) is 3. The summed E-state index contributed by atoms with van der Waals surface area (Å²) in [5, 5.41) is 37.8. The molecule has 4 aliphatic rings. The third-order valence-corrected chi connectivity index (χ3v) is 11.4. The second-order valence-corrected chi connectivity index (χ2v) is 14.9. The Morgan fingerprint density at radius 2 is 1.78 bits per heavy atom. The van der Waals surface area contributed by atoms with E-state index < -0.39 is 12.2 Å². The first-order chi connectivity index (χ1) is 26.3. The fraction of sp³-hybridized carbons (Fsp3) is 0.372. The molecule has 11 heteroatoms. The lowest BCUT2D eigenvalue weighted by molar-refractivity contribution is -0.116. The number of aliphatic hydroxyl groups excluding tert-OH is 1. The Hall–Kier alpha value is -5.23. The van der Waals surface area contributed by atoms with Gasteiger partial charge in [-0.3, -0.25) is 9.69 Å². The lowest BCUT2D eigenvalue weighted by Crippen LogP contribution is -2.59. The highest BCUT2D eigenvalue weighted by Crippen LogP contribution is 2.39. The number of unbranched alkanes of at least 4 members (excludes halogenated alkanes) is 1. The molecular formula is C43H47N5O6.